The second-order valence-corrected chi connectivity index (χ2v) is 5.63. The van der Waals surface area contributed by atoms with E-state index in [1.54, 1.807) is 30.1 Å². The third-order valence-corrected chi connectivity index (χ3v) is 3.87. The summed E-state index contributed by atoms with van der Waals surface area (Å²) in [6.45, 7) is 2.37. The van der Waals surface area contributed by atoms with Gasteiger partial charge in [0.15, 0.2) is 0 Å². The molecule has 1 N–H and O–H groups in total. The van der Waals surface area contributed by atoms with Gasteiger partial charge in [-0.2, -0.15) is 0 Å². The van der Waals surface area contributed by atoms with Crippen molar-refractivity contribution in [3.63, 3.8) is 0 Å². The molecule has 2 rings (SSSR count). The lowest BCUT2D eigenvalue weighted by molar-refractivity contribution is 0.0781. The summed E-state index contributed by atoms with van der Waals surface area (Å²) in [5.74, 6) is -0.179. The van der Waals surface area contributed by atoms with Gasteiger partial charge in [-0.1, -0.05) is 45.8 Å². The zero-order chi connectivity index (χ0) is 14.7. The number of phenolic OH excluding ortho intramolecular Hbond substituents is 1. The highest BCUT2D eigenvalue weighted by atomic mass is 79.9. The van der Waals surface area contributed by atoms with E-state index in [-0.39, 0.29) is 11.7 Å². The average molecular weight is 334 g/mol. The molecule has 0 fully saturated rings. The number of benzene rings is 2. The van der Waals surface area contributed by atoms with Crippen molar-refractivity contribution in [3.8, 4) is 5.75 Å². The summed E-state index contributed by atoms with van der Waals surface area (Å²) < 4.78 is 0.966. The molecule has 0 aliphatic rings. The van der Waals surface area contributed by atoms with Crippen molar-refractivity contribution in [2.45, 2.75) is 13.5 Å². The topological polar surface area (TPSA) is 40.5 Å². The number of aryl methyl sites for hydroxylation is 1. The number of carbonyl (C=O) groups excluding carboxylic acids is 1. The molecule has 0 heterocycles. The molecule has 0 atom stereocenters. The Morgan fingerprint density at radius 3 is 2.65 bits per heavy atom. The number of aromatic hydroxyl groups is 1. The van der Waals surface area contributed by atoms with Gasteiger partial charge < -0.3 is 10.0 Å². The highest BCUT2D eigenvalue weighted by Crippen LogP contribution is 2.22. The van der Waals surface area contributed by atoms with E-state index in [0.717, 1.165) is 15.6 Å². The van der Waals surface area contributed by atoms with E-state index < -0.39 is 0 Å². The maximum absolute atomic E-state index is 12.4. The Hall–Kier alpha value is -1.81. The number of phenols is 1. The summed E-state index contributed by atoms with van der Waals surface area (Å²) in [6.07, 6.45) is 0. The number of hydrogen-bond donors (Lipinski definition) is 1. The standard InChI is InChI=1S/C16H16BrNO2/c1-11-7-8-15(19)13(9-11)16(20)18(2)10-12-5-3-4-6-14(12)17/h3-9,19H,10H2,1-2H3. The Morgan fingerprint density at radius 1 is 1.25 bits per heavy atom. The molecule has 0 aromatic heterocycles. The number of amides is 1. The van der Waals surface area contributed by atoms with Crippen molar-refractivity contribution in [3.05, 3.63) is 63.6 Å². The van der Waals surface area contributed by atoms with E-state index >= 15 is 0 Å². The fourth-order valence-electron chi connectivity index (χ4n) is 1.98. The molecule has 0 aliphatic carbocycles. The molecule has 0 spiro atoms. The minimum absolute atomic E-state index is 0.0135. The molecule has 20 heavy (non-hydrogen) atoms. The summed E-state index contributed by atoms with van der Waals surface area (Å²) >= 11 is 3.47. The van der Waals surface area contributed by atoms with Gasteiger partial charge in [0.25, 0.3) is 5.91 Å². The smallest absolute Gasteiger partial charge is 0.257 e. The van der Waals surface area contributed by atoms with Gasteiger partial charge in [-0.25, -0.2) is 0 Å². The predicted octanol–water partition coefficient (Wildman–Crippen LogP) is 3.74. The largest absolute Gasteiger partial charge is 0.507 e. The summed E-state index contributed by atoms with van der Waals surface area (Å²) in [4.78, 5) is 14.0. The molecule has 0 saturated heterocycles. The lowest BCUT2D eigenvalue weighted by Crippen LogP contribution is -2.26. The minimum Gasteiger partial charge on any atom is -0.507 e. The van der Waals surface area contributed by atoms with Crippen molar-refractivity contribution in [1.82, 2.24) is 4.90 Å². The molecule has 104 valence electrons. The van der Waals surface area contributed by atoms with Crippen LogP contribution in [0.5, 0.6) is 5.75 Å². The van der Waals surface area contributed by atoms with E-state index in [0.29, 0.717) is 12.1 Å². The molecule has 0 radical (unpaired) electrons. The Balaban J connectivity index is 2.21. The predicted molar refractivity (Wildman–Crippen MR) is 82.8 cm³/mol. The van der Waals surface area contributed by atoms with Crippen molar-refractivity contribution in [2.24, 2.45) is 0 Å². The monoisotopic (exact) mass is 333 g/mol. The van der Waals surface area contributed by atoms with E-state index in [1.807, 2.05) is 31.2 Å². The van der Waals surface area contributed by atoms with Crippen LogP contribution in [0, 0.1) is 6.92 Å². The Labute approximate surface area is 127 Å². The fraction of sp³-hybridized carbons (Fsp3) is 0.188. The lowest BCUT2D eigenvalue weighted by atomic mass is 10.1. The number of halogens is 1. The van der Waals surface area contributed by atoms with Crippen LogP contribution in [0.1, 0.15) is 21.5 Å². The van der Waals surface area contributed by atoms with Crippen LogP contribution in [0.2, 0.25) is 0 Å². The number of hydrogen-bond acceptors (Lipinski definition) is 2. The maximum Gasteiger partial charge on any atom is 0.257 e. The first kappa shape index (κ1) is 14.6. The van der Waals surface area contributed by atoms with Crippen LogP contribution in [-0.2, 0) is 6.54 Å². The SMILES string of the molecule is Cc1ccc(O)c(C(=O)N(C)Cc2ccccc2Br)c1. The van der Waals surface area contributed by atoms with Crippen LogP contribution in [0.15, 0.2) is 46.9 Å². The summed E-state index contributed by atoms with van der Waals surface area (Å²) in [5.41, 5.74) is 2.30. The van der Waals surface area contributed by atoms with Crippen molar-refractivity contribution in [1.29, 1.82) is 0 Å². The average Bonchev–Trinajstić information content (AvgIpc) is 2.43. The number of rotatable bonds is 3. The van der Waals surface area contributed by atoms with Gasteiger partial charge in [0.2, 0.25) is 0 Å². The van der Waals surface area contributed by atoms with E-state index in [2.05, 4.69) is 15.9 Å². The van der Waals surface area contributed by atoms with Gasteiger partial charge in [-0.05, 0) is 30.7 Å². The Kier molecular flexibility index (Phi) is 4.45. The van der Waals surface area contributed by atoms with E-state index in [9.17, 15) is 9.90 Å². The quantitative estimate of drug-likeness (QED) is 0.929. The van der Waals surface area contributed by atoms with Gasteiger partial charge in [0.05, 0.1) is 5.56 Å². The third-order valence-electron chi connectivity index (χ3n) is 3.09. The molecule has 3 nitrogen and oxygen atoms in total. The van der Waals surface area contributed by atoms with Gasteiger partial charge in [0.1, 0.15) is 5.75 Å². The zero-order valence-electron chi connectivity index (χ0n) is 11.4. The van der Waals surface area contributed by atoms with Crippen molar-refractivity contribution < 1.29 is 9.90 Å². The van der Waals surface area contributed by atoms with Crippen molar-refractivity contribution in [2.75, 3.05) is 7.05 Å². The molecule has 0 unspecified atom stereocenters. The molecular weight excluding hydrogens is 318 g/mol. The molecule has 2 aromatic rings. The molecule has 0 aliphatic heterocycles. The summed E-state index contributed by atoms with van der Waals surface area (Å²) in [5, 5.41) is 9.82. The van der Waals surface area contributed by atoms with Crippen LogP contribution >= 0.6 is 15.9 Å². The number of nitrogens with zero attached hydrogens (tertiary/aromatic N) is 1. The molecule has 0 saturated carbocycles. The molecule has 4 heteroatoms. The lowest BCUT2D eigenvalue weighted by Gasteiger charge is -2.19. The van der Waals surface area contributed by atoms with Gasteiger partial charge >= 0.3 is 0 Å². The first-order valence-electron chi connectivity index (χ1n) is 6.27. The first-order valence-corrected chi connectivity index (χ1v) is 7.07. The third kappa shape index (κ3) is 3.20. The molecule has 1 amide bonds. The van der Waals surface area contributed by atoms with Crippen LogP contribution in [0.4, 0.5) is 0 Å². The normalized spacial score (nSPS) is 10.3. The highest BCUT2D eigenvalue weighted by molar-refractivity contribution is 9.10. The van der Waals surface area contributed by atoms with E-state index in [4.69, 9.17) is 0 Å². The Bertz CT molecular complexity index is 640. The highest BCUT2D eigenvalue weighted by Gasteiger charge is 2.16. The van der Waals surface area contributed by atoms with Gasteiger partial charge in [0, 0.05) is 18.1 Å². The molecule has 2 aromatic carbocycles. The van der Waals surface area contributed by atoms with Gasteiger partial charge in [-0.3, -0.25) is 4.79 Å². The van der Waals surface area contributed by atoms with Crippen LogP contribution in [-0.4, -0.2) is 23.0 Å². The maximum atomic E-state index is 12.4. The zero-order valence-corrected chi connectivity index (χ0v) is 13.0. The molecule has 0 bridgehead atoms. The van der Waals surface area contributed by atoms with Crippen LogP contribution in [0.25, 0.3) is 0 Å². The van der Waals surface area contributed by atoms with Gasteiger partial charge in [-0.15, -0.1) is 0 Å². The fourth-order valence-corrected chi connectivity index (χ4v) is 2.39. The molecular formula is C16H16BrNO2. The second kappa shape index (κ2) is 6.09. The Morgan fingerprint density at radius 2 is 1.95 bits per heavy atom. The van der Waals surface area contributed by atoms with Crippen LogP contribution in [0.3, 0.4) is 0 Å². The van der Waals surface area contributed by atoms with Crippen LogP contribution < -0.4 is 0 Å². The summed E-state index contributed by atoms with van der Waals surface area (Å²) in [7, 11) is 1.73. The summed E-state index contributed by atoms with van der Waals surface area (Å²) in [6, 6.07) is 12.8. The number of carbonyl (C=O) groups is 1. The second-order valence-electron chi connectivity index (χ2n) is 4.77. The van der Waals surface area contributed by atoms with E-state index in [1.165, 1.54) is 0 Å². The minimum atomic E-state index is -0.193. The van der Waals surface area contributed by atoms with Crippen molar-refractivity contribution >= 4 is 21.8 Å². The first-order chi connectivity index (χ1) is 9.49.